The summed E-state index contributed by atoms with van der Waals surface area (Å²) >= 11 is -1.44. The summed E-state index contributed by atoms with van der Waals surface area (Å²) in [6.07, 6.45) is 1.57. The van der Waals surface area contributed by atoms with Crippen molar-refractivity contribution < 1.29 is 27.7 Å². The first kappa shape index (κ1) is 18.7. The molecule has 1 aliphatic rings. The topological polar surface area (TPSA) is 69.7 Å². The van der Waals surface area contributed by atoms with Gasteiger partial charge in [-0.1, -0.05) is 13.3 Å². The highest BCUT2D eigenvalue weighted by Crippen LogP contribution is 2.28. The molecule has 0 aliphatic carbocycles. The molecule has 1 unspecified atom stereocenters. The lowest BCUT2D eigenvalue weighted by molar-refractivity contribution is -0.150. The molecular weight excluding hydrogens is 340 g/mol. The molecule has 2 atom stereocenters. The number of amides is 1. The summed E-state index contributed by atoms with van der Waals surface area (Å²) in [5, 5.41) is 0. The minimum Gasteiger partial charge on any atom is -0.616 e. The Morgan fingerprint density at radius 3 is 2.67 bits per heavy atom. The first-order valence-electron chi connectivity index (χ1n) is 7.66. The molecule has 1 aromatic rings. The van der Waals surface area contributed by atoms with Gasteiger partial charge in [0.2, 0.25) is 0 Å². The Bertz CT molecular complexity index is 593. The van der Waals surface area contributed by atoms with Crippen LogP contribution >= 0.6 is 0 Å². The third kappa shape index (κ3) is 4.91. The lowest BCUT2D eigenvalue weighted by Crippen LogP contribution is -2.49. The molecule has 1 amide bonds. The van der Waals surface area contributed by atoms with Gasteiger partial charge in [0.05, 0.1) is 6.61 Å². The number of rotatable bonds is 6. The summed E-state index contributed by atoms with van der Waals surface area (Å²) in [5.74, 6) is -2.86. The predicted octanol–water partition coefficient (Wildman–Crippen LogP) is 1.94. The van der Waals surface area contributed by atoms with E-state index in [2.05, 4.69) is 0 Å². The van der Waals surface area contributed by atoms with E-state index >= 15 is 0 Å². The molecule has 0 spiro atoms. The highest BCUT2D eigenvalue weighted by molar-refractivity contribution is 7.92. The Hall–Kier alpha value is -1.67. The van der Waals surface area contributed by atoms with Gasteiger partial charge in [-0.2, -0.15) is 0 Å². The minimum atomic E-state index is -1.44. The van der Waals surface area contributed by atoms with Crippen LogP contribution in [-0.2, 0) is 25.5 Å². The first-order valence-corrected chi connectivity index (χ1v) is 9.15. The van der Waals surface area contributed by atoms with Crippen molar-refractivity contribution in [1.29, 1.82) is 0 Å². The lowest BCUT2D eigenvalue weighted by Gasteiger charge is -2.35. The summed E-state index contributed by atoms with van der Waals surface area (Å²) in [6, 6.07) is 2.06. The lowest BCUT2D eigenvalue weighted by atomic mass is 10.1. The van der Waals surface area contributed by atoms with E-state index in [9.17, 15) is 22.9 Å². The fourth-order valence-electron chi connectivity index (χ4n) is 2.48. The number of carbonyl (C=O) groups excluding carboxylic acids is 2. The van der Waals surface area contributed by atoms with Gasteiger partial charge in [0.25, 0.3) is 5.91 Å². The van der Waals surface area contributed by atoms with E-state index in [4.69, 9.17) is 4.74 Å². The molecular formula is C16H19F2NO4S. The number of benzene rings is 1. The molecule has 0 aromatic heterocycles. The zero-order valence-corrected chi connectivity index (χ0v) is 14.1. The van der Waals surface area contributed by atoms with Gasteiger partial charge in [-0.05, 0) is 35.3 Å². The Morgan fingerprint density at radius 1 is 1.38 bits per heavy atom. The molecule has 1 saturated heterocycles. The first-order chi connectivity index (χ1) is 11.4. The number of halogens is 2. The maximum absolute atomic E-state index is 13.5. The van der Waals surface area contributed by atoms with Crippen LogP contribution in [0.1, 0.15) is 31.4 Å². The quantitative estimate of drug-likeness (QED) is 0.442. The van der Waals surface area contributed by atoms with Crippen molar-refractivity contribution in [3.05, 3.63) is 35.4 Å². The van der Waals surface area contributed by atoms with Gasteiger partial charge >= 0.3 is 5.97 Å². The molecule has 0 N–H and O–H groups in total. The maximum atomic E-state index is 13.5. The fraction of sp³-hybridized carbons (Fsp3) is 0.500. The van der Waals surface area contributed by atoms with E-state index in [1.807, 2.05) is 6.92 Å². The zero-order valence-electron chi connectivity index (χ0n) is 13.3. The predicted molar refractivity (Wildman–Crippen MR) is 84.6 cm³/mol. The Morgan fingerprint density at radius 2 is 2.04 bits per heavy atom. The van der Waals surface area contributed by atoms with E-state index in [1.54, 1.807) is 0 Å². The molecule has 8 heteroatoms. The van der Waals surface area contributed by atoms with Gasteiger partial charge < -0.3 is 14.2 Å². The van der Waals surface area contributed by atoms with Crippen LogP contribution in [-0.4, -0.2) is 46.0 Å². The fourth-order valence-corrected chi connectivity index (χ4v) is 3.76. The van der Waals surface area contributed by atoms with Crippen LogP contribution in [0.25, 0.3) is 0 Å². The number of hydrogen-bond acceptors (Lipinski definition) is 4. The van der Waals surface area contributed by atoms with Crippen molar-refractivity contribution in [3.63, 3.8) is 0 Å². The second-order valence-electron chi connectivity index (χ2n) is 5.57. The van der Waals surface area contributed by atoms with E-state index < -0.39 is 40.7 Å². The number of carbonyl (C=O) groups is 2. The second-order valence-corrected chi connectivity index (χ2v) is 7.07. The van der Waals surface area contributed by atoms with Gasteiger partial charge in [0.1, 0.15) is 30.0 Å². The average Bonchev–Trinajstić information content (AvgIpc) is 2.49. The molecule has 0 saturated carbocycles. The van der Waals surface area contributed by atoms with Crippen LogP contribution in [0.3, 0.4) is 0 Å². The monoisotopic (exact) mass is 359 g/mol. The van der Waals surface area contributed by atoms with Gasteiger partial charge in [0, 0.05) is 6.07 Å². The molecule has 1 fully saturated rings. The average molecular weight is 359 g/mol. The van der Waals surface area contributed by atoms with Crippen molar-refractivity contribution in [2.24, 2.45) is 0 Å². The van der Waals surface area contributed by atoms with Crippen molar-refractivity contribution in [1.82, 2.24) is 4.90 Å². The molecule has 1 aliphatic heterocycles. The van der Waals surface area contributed by atoms with E-state index in [1.165, 1.54) is 4.90 Å². The number of unbranched alkanes of at least 4 members (excludes halogenated alkanes) is 1. The maximum Gasteiger partial charge on any atom is 0.325 e. The van der Waals surface area contributed by atoms with Gasteiger partial charge in [-0.15, -0.1) is 0 Å². The van der Waals surface area contributed by atoms with E-state index in [0.29, 0.717) is 12.5 Å². The van der Waals surface area contributed by atoms with E-state index in [0.717, 1.165) is 18.6 Å². The highest BCUT2D eigenvalue weighted by atomic mass is 32.2. The SMILES string of the molecule is CCCCOC(=O)CN1C(=O)C[S+]([O-])C[C@H]1c1cc(F)cc(F)c1. The summed E-state index contributed by atoms with van der Waals surface area (Å²) < 4.78 is 43.8. The Labute approximate surface area is 142 Å². The number of esters is 1. The summed E-state index contributed by atoms with van der Waals surface area (Å²) in [5.41, 5.74) is 0.176. The van der Waals surface area contributed by atoms with Crippen LogP contribution < -0.4 is 0 Å². The normalized spacial score (nSPS) is 21.0. The standard InChI is InChI=1S/C16H19F2NO4S/c1-2-3-4-23-16(21)8-19-14(9-24(22)10-15(19)20)11-5-12(17)7-13(18)6-11/h5-7,14H,2-4,8-10H2,1H3/t14-,24?/m0/s1. The van der Waals surface area contributed by atoms with Gasteiger partial charge in [0.15, 0.2) is 5.75 Å². The molecule has 132 valence electrons. The van der Waals surface area contributed by atoms with Crippen LogP contribution in [0, 0.1) is 11.6 Å². The van der Waals surface area contributed by atoms with Crippen molar-refractivity contribution in [2.75, 3.05) is 24.7 Å². The minimum absolute atomic E-state index is 0.0247. The van der Waals surface area contributed by atoms with Crippen molar-refractivity contribution in [2.45, 2.75) is 25.8 Å². The van der Waals surface area contributed by atoms with Crippen molar-refractivity contribution >= 4 is 23.1 Å². The Kier molecular flexibility index (Phi) is 6.56. The van der Waals surface area contributed by atoms with Crippen molar-refractivity contribution in [3.8, 4) is 0 Å². The Balaban J connectivity index is 2.17. The van der Waals surface area contributed by atoms with Gasteiger partial charge in [-0.3, -0.25) is 9.59 Å². The summed E-state index contributed by atoms with van der Waals surface area (Å²) in [7, 11) is 0. The van der Waals surface area contributed by atoms with Crippen LogP contribution in [0.5, 0.6) is 0 Å². The smallest absolute Gasteiger partial charge is 0.325 e. The molecule has 5 nitrogen and oxygen atoms in total. The highest BCUT2D eigenvalue weighted by Gasteiger charge is 2.38. The molecule has 0 bridgehead atoms. The van der Waals surface area contributed by atoms with Gasteiger partial charge in [-0.25, -0.2) is 8.78 Å². The van der Waals surface area contributed by atoms with Crippen LogP contribution in [0.15, 0.2) is 18.2 Å². The van der Waals surface area contributed by atoms with Crippen LogP contribution in [0.4, 0.5) is 8.78 Å². The second kappa shape index (κ2) is 8.43. The molecule has 0 radical (unpaired) electrons. The van der Waals surface area contributed by atoms with Crippen LogP contribution in [0.2, 0.25) is 0 Å². The summed E-state index contributed by atoms with van der Waals surface area (Å²) in [4.78, 5) is 25.2. The largest absolute Gasteiger partial charge is 0.616 e. The number of nitrogens with zero attached hydrogens (tertiary/aromatic N) is 1. The molecule has 24 heavy (non-hydrogen) atoms. The number of hydrogen-bond donors (Lipinski definition) is 0. The number of ether oxygens (including phenoxy) is 1. The third-order valence-electron chi connectivity index (χ3n) is 3.65. The van der Waals surface area contributed by atoms with E-state index in [-0.39, 0.29) is 30.2 Å². The zero-order chi connectivity index (χ0) is 17.7. The molecule has 1 heterocycles. The third-order valence-corrected chi connectivity index (χ3v) is 4.91. The summed E-state index contributed by atoms with van der Waals surface area (Å²) in [6.45, 7) is 1.87. The molecule has 1 aromatic carbocycles. The molecule has 2 rings (SSSR count).